The summed E-state index contributed by atoms with van der Waals surface area (Å²) in [5.74, 6) is 0.351. The molecule has 52 heavy (non-hydrogen) atoms. The van der Waals surface area contributed by atoms with Crippen LogP contribution in [0.3, 0.4) is 0 Å². The summed E-state index contributed by atoms with van der Waals surface area (Å²) in [5.41, 5.74) is 0.713. The molecule has 0 spiro atoms. The van der Waals surface area contributed by atoms with Gasteiger partial charge in [-0.3, -0.25) is 14.3 Å². The second-order valence-electron chi connectivity index (χ2n) is 14.1. The third-order valence-electron chi connectivity index (χ3n) is 10.5. The molecule has 2 saturated carbocycles. The molecule has 2 aliphatic heterocycles. The molecule has 3 aromatic rings. The third kappa shape index (κ3) is 6.85. The number of methoxy groups -OCH3 is 2. The molecule has 0 bridgehead atoms. The van der Waals surface area contributed by atoms with Crippen molar-refractivity contribution in [2.24, 2.45) is 5.92 Å². The normalized spacial score (nSPS) is 25.1. The number of aromatic nitrogens is 2. The molecule has 2 N–H and O–H groups in total. The summed E-state index contributed by atoms with van der Waals surface area (Å²) in [6.45, 7) is 2.49. The molecule has 4 aliphatic rings. The Bertz CT molecular complexity index is 2040. The number of rotatable bonds is 8. The van der Waals surface area contributed by atoms with Crippen LogP contribution in [0.2, 0.25) is 0 Å². The number of carbonyl (C=O) groups excluding carboxylic acids is 3. The van der Waals surface area contributed by atoms with E-state index < -0.39 is 44.8 Å². The van der Waals surface area contributed by atoms with E-state index in [0.717, 1.165) is 30.4 Å². The number of benzene rings is 2. The first kappa shape index (κ1) is 35.5. The number of hydrogen-bond acceptors (Lipinski definition) is 10. The Hall–Kier alpha value is -4.92. The molecule has 0 radical (unpaired) electrons. The number of allylic oxidation sites excluding steroid dienone is 1. The third-order valence-corrected chi connectivity index (χ3v) is 12.3. The molecular formula is C37H44N6O8S. The second-order valence-corrected chi connectivity index (χ2v) is 16.0. The van der Waals surface area contributed by atoms with Crippen LogP contribution >= 0.6 is 0 Å². The molecule has 4 atom stereocenters. The number of aryl methyl sites for hydroxylation is 1. The summed E-state index contributed by atoms with van der Waals surface area (Å²) in [4.78, 5) is 54.5. The quantitative estimate of drug-likeness (QED) is 0.326. The fourth-order valence-corrected chi connectivity index (χ4v) is 8.48. The Morgan fingerprint density at radius 1 is 1.04 bits per heavy atom. The van der Waals surface area contributed by atoms with Gasteiger partial charge >= 0.3 is 6.03 Å². The first-order valence-electron chi connectivity index (χ1n) is 17.7. The van der Waals surface area contributed by atoms with Gasteiger partial charge in [0.15, 0.2) is 5.82 Å². The predicted octanol–water partition coefficient (Wildman–Crippen LogP) is 3.72. The maximum atomic E-state index is 14.2. The van der Waals surface area contributed by atoms with Crippen LogP contribution in [0, 0.1) is 12.8 Å². The van der Waals surface area contributed by atoms with Crippen molar-refractivity contribution in [1.82, 2.24) is 29.8 Å². The van der Waals surface area contributed by atoms with Crippen LogP contribution in [-0.2, 0) is 19.6 Å². The number of nitrogens with zero attached hydrogens (tertiary/aromatic N) is 4. The molecule has 2 aliphatic carbocycles. The highest BCUT2D eigenvalue weighted by atomic mass is 32.2. The van der Waals surface area contributed by atoms with E-state index in [1.807, 2.05) is 55.5 Å². The number of nitrogens with one attached hydrogen (secondary N) is 2. The van der Waals surface area contributed by atoms with Gasteiger partial charge in [-0.25, -0.2) is 18.2 Å². The van der Waals surface area contributed by atoms with Gasteiger partial charge in [-0.2, -0.15) is 4.98 Å². The maximum Gasteiger partial charge on any atom is 0.320 e. The van der Waals surface area contributed by atoms with Gasteiger partial charge in [0.1, 0.15) is 29.2 Å². The zero-order valence-electron chi connectivity index (χ0n) is 29.8. The van der Waals surface area contributed by atoms with E-state index in [2.05, 4.69) is 10.0 Å². The Morgan fingerprint density at radius 2 is 1.81 bits per heavy atom. The SMILES string of the molecule is COc1ccc(-c2nc(O[C@@H]3CC4C(=O)NC5(C(=O)NS(=O)(=O)C6CC6)CC5C=CCCCCN(C)C(=O)N4C3)c3ccc(OC)c(C)c3n2)cc1. The van der Waals surface area contributed by atoms with Crippen LogP contribution in [-0.4, -0.2) is 103 Å². The molecule has 14 nitrogen and oxygen atoms in total. The van der Waals surface area contributed by atoms with Crippen LogP contribution in [0.25, 0.3) is 22.3 Å². The summed E-state index contributed by atoms with van der Waals surface area (Å²) in [5, 5.41) is 2.94. The van der Waals surface area contributed by atoms with Crippen molar-refractivity contribution in [3.8, 4) is 28.8 Å². The Morgan fingerprint density at radius 3 is 2.52 bits per heavy atom. The van der Waals surface area contributed by atoms with Crippen molar-refractivity contribution < 1.29 is 37.0 Å². The van der Waals surface area contributed by atoms with Gasteiger partial charge in [0, 0.05) is 37.1 Å². The molecule has 3 unspecified atom stereocenters. The van der Waals surface area contributed by atoms with Crippen LogP contribution < -0.4 is 24.2 Å². The van der Waals surface area contributed by atoms with Gasteiger partial charge in [-0.05, 0) is 81.8 Å². The smallest absolute Gasteiger partial charge is 0.320 e. The number of fused-ring (bicyclic) bond motifs is 3. The van der Waals surface area contributed by atoms with Crippen molar-refractivity contribution in [3.05, 3.63) is 54.1 Å². The number of sulfonamides is 1. The van der Waals surface area contributed by atoms with Gasteiger partial charge < -0.3 is 29.3 Å². The minimum atomic E-state index is -3.85. The summed E-state index contributed by atoms with van der Waals surface area (Å²) < 4.78 is 45.3. The lowest BCUT2D eigenvalue weighted by Crippen LogP contribution is -2.57. The molecule has 1 saturated heterocycles. The van der Waals surface area contributed by atoms with Crippen LogP contribution in [0.1, 0.15) is 50.5 Å². The zero-order valence-corrected chi connectivity index (χ0v) is 30.6. The highest BCUT2D eigenvalue weighted by Gasteiger charge is 2.62. The van der Waals surface area contributed by atoms with E-state index >= 15 is 0 Å². The minimum Gasteiger partial charge on any atom is -0.497 e. The van der Waals surface area contributed by atoms with Gasteiger partial charge in [-0.1, -0.05) is 12.2 Å². The van der Waals surface area contributed by atoms with E-state index in [1.165, 1.54) is 4.90 Å². The average Bonchev–Trinajstić information content (AvgIpc) is 4.06. The molecule has 2 aromatic carbocycles. The first-order chi connectivity index (χ1) is 24.9. The summed E-state index contributed by atoms with van der Waals surface area (Å²) >= 11 is 0. The zero-order chi connectivity index (χ0) is 36.8. The summed E-state index contributed by atoms with van der Waals surface area (Å²) in [6, 6.07) is 9.65. The van der Waals surface area contributed by atoms with Gasteiger partial charge in [0.2, 0.25) is 21.8 Å². The van der Waals surface area contributed by atoms with Gasteiger partial charge in [0.25, 0.3) is 5.91 Å². The Kier molecular flexibility index (Phi) is 9.48. The summed E-state index contributed by atoms with van der Waals surface area (Å²) in [6.07, 6.45) is 6.85. The second kappa shape index (κ2) is 13.9. The van der Waals surface area contributed by atoms with Crippen molar-refractivity contribution in [1.29, 1.82) is 0 Å². The van der Waals surface area contributed by atoms with E-state index in [0.29, 0.717) is 47.6 Å². The fourth-order valence-electron chi connectivity index (χ4n) is 7.12. The summed E-state index contributed by atoms with van der Waals surface area (Å²) in [7, 11) is 1.04. The first-order valence-corrected chi connectivity index (χ1v) is 19.2. The average molecular weight is 733 g/mol. The topological polar surface area (TPSA) is 169 Å². The Labute approximate surface area is 302 Å². The molecular weight excluding hydrogens is 689 g/mol. The minimum absolute atomic E-state index is 0.0817. The monoisotopic (exact) mass is 732 g/mol. The predicted molar refractivity (Wildman–Crippen MR) is 192 cm³/mol. The molecule has 1 aromatic heterocycles. The number of carbonyl (C=O) groups is 3. The molecule has 3 fully saturated rings. The van der Waals surface area contributed by atoms with Crippen LogP contribution in [0.5, 0.6) is 17.4 Å². The van der Waals surface area contributed by atoms with E-state index in [9.17, 15) is 22.8 Å². The number of urea groups is 1. The number of amides is 4. The van der Waals surface area contributed by atoms with Crippen molar-refractivity contribution in [3.63, 3.8) is 0 Å². The lowest BCUT2D eigenvalue weighted by molar-refractivity contribution is -0.131. The van der Waals surface area contributed by atoms with E-state index in [4.69, 9.17) is 24.2 Å². The van der Waals surface area contributed by atoms with E-state index in [-0.39, 0.29) is 37.2 Å². The van der Waals surface area contributed by atoms with Crippen molar-refractivity contribution in [2.75, 3.05) is 34.4 Å². The molecule has 4 amide bonds. The van der Waals surface area contributed by atoms with Crippen molar-refractivity contribution in [2.45, 2.75) is 74.8 Å². The lowest BCUT2D eigenvalue weighted by atomic mass is 10.1. The molecule has 7 rings (SSSR count). The Balaban J connectivity index is 1.21. The fraction of sp³-hybridized carbons (Fsp3) is 0.486. The highest BCUT2D eigenvalue weighted by Crippen LogP contribution is 2.46. The van der Waals surface area contributed by atoms with Crippen LogP contribution in [0.4, 0.5) is 4.79 Å². The van der Waals surface area contributed by atoms with E-state index in [1.54, 1.807) is 26.2 Å². The van der Waals surface area contributed by atoms with Crippen LogP contribution in [0.15, 0.2) is 48.6 Å². The van der Waals surface area contributed by atoms with Gasteiger partial charge in [-0.15, -0.1) is 0 Å². The number of hydrogen-bond donors (Lipinski definition) is 2. The lowest BCUT2D eigenvalue weighted by Gasteiger charge is -2.30. The molecule has 276 valence electrons. The molecule has 3 heterocycles. The van der Waals surface area contributed by atoms with Gasteiger partial charge in [0.05, 0.1) is 36.9 Å². The standard InChI is InChI=1S/C37H44N6O8S/c1-22-30(50-4)17-16-28-31(22)38-32(23-10-12-25(49-3)13-11-23)39-34(28)51-26-19-29-33(44)40-37(35(45)41-52(47,48)27-14-15-27)20-24(37)9-7-5-6-8-18-42(2)36(46)43(29)21-26/h7,9-13,16-17,24,26-27,29H,5-6,8,14-15,18-21H2,1-4H3,(H,40,44)(H,41,45)/t24?,26-,29?,37?/m1/s1. The molecule has 15 heteroatoms. The highest BCUT2D eigenvalue weighted by molar-refractivity contribution is 7.91. The largest absolute Gasteiger partial charge is 0.497 e. The maximum absolute atomic E-state index is 14.2. The number of ether oxygens (including phenoxy) is 3. The van der Waals surface area contributed by atoms with Crippen molar-refractivity contribution >= 4 is 38.8 Å².